The molecule has 0 radical (unpaired) electrons. The summed E-state index contributed by atoms with van der Waals surface area (Å²) in [5.41, 5.74) is -0.282. The van der Waals surface area contributed by atoms with Gasteiger partial charge in [0.2, 0.25) is 10.0 Å². The van der Waals surface area contributed by atoms with Crippen molar-refractivity contribution in [1.29, 1.82) is 0 Å². The SMILES string of the molecule is O=S(=O)(NCC1(O)CCCCC1)c1cccc2ncccc12. The van der Waals surface area contributed by atoms with E-state index in [9.17, 15) is 13.5 Å². The standard InChI is InChI=1S/C16H20N2O3S/c19-16(9-2-1-3-10-16)12-18-22(20,21)15-8-4-7-14-13(15)6-5-11-17-14/h4-8,11,18-19H,1-3,9-10,12H2. The zero-order valence-corrected chi connectivity index (χ0v) is 13.1. The Morgan fingerprint density at radius 3 is 2.68 bits per heavy atom. The maximum Gasteiger partial charge on any atom is 0.241 e. The molecule has 0 aliphatic heterocycles. The first-order valence-corrected chi connectivity index (χ1v) is 9.04. The van der Waals surface area contributed by atoms with Gasteiger partial charge in [0.15, 0.2) is 0 Å². The van der Waals surface area contributed by atoms with E-state index >= 15 is 0 Å². The Bertz CT molecular complexity index is 763. The highest BCUT2D eigenvalue weighted by atomic mass is 32.2. The molecule has 5 nitrogen and oxygen atoms in total. The molecule has 2 aromatic rings. The molecule has 0 atom stereocenters. The van der Waals surface area contributed by atoms with Crippen LogP contribution in [-0.2, 0) is 10.0 Å². The largest absolute Gasteiger partial charge is 0.389 e. The van der Waals surface area contributed by atoms with Gasteiger partial charge in [-0.05, 0) is 37.1 Å². The number of hydrogen-bond donors (Lipinski definition) is 2. The van der Waals surface area contributed by atoms with Crippen molar-refractivity contribution < 1.29 is 13.5 Å². The third-order valence-corrected chi connectivity index (χ3v) is 5.73. The highest BCUT2D eigenvalue weighted by molar-refractivity contribution is 7.89. The number of rotatable bonds is 4. The number of nitrogens with zero attached hydrogens (tertiary/aromatic N) is 1. The fourth-order valence-corrected chi connectivity index (χ4v) is 4.34. The van der Waals surface area contributed by atoms with Gasteiger partial charge in [0, 0.05) is 18.1 Å². The predicted molar refractivity (Wildman–Crippen MR) is 85.0 cm³/mol. The van der Waals surface area contributed by atoms with Crippen LogP contribution in [-0.4, -0.2) is 30.7 Å². The van der Waals surface area contributed by atoms with Crippen molar-refractivity contribution in [2.24, 2.45) is 0 Å². The summed E-state index contributed by atoms with van der Waals surface area (Å²) in [4.78, 5) is 4.38. The minimum atomic E-state index is -3.67. The molecule has 6 heteroatoms. The van der Waals surface area contributed by atoms with Gasteiger partial charge in [-0.25, -0.2) is 13.1 Å². The van der Waals surface area contributed by atoms with Crippen molar-refractivity contribution >= 4 is 20.9 Å². The quantitative estimate of drug-likeness (QED) is 0.905. The predicted octanol–water partition coefficient (Wildman–Crippen LogP) is 2.21. The van der Waals surface area contributed by atoms with Gasteiger partial charge in [-0.15, -0.1) is 0 Å². The van der Waals surface area contributed by atoms with Crippen molar-refractivity contribution in [2.45, 2.75) is 42.6 Å². The second-order valence-corrected chi connectivity index (χ2v) is 7.67. The van der Waals surface area contributed by atoms with E-state index in [-0.39, 0.29) is 11.4 Å². The monoisotopic (exact) mass is 320 g/mol. The molecule has 1 fully saturated rings. The average Bonchev–Trinajstić information content (AvgIpc) is 2.53. The van der Waals surface area contributed by atoms with Gasteiger partial charge < -0.3 is 5.11 Å². The summed E-state index contributed by atoms with van der Waals surface area (Å²) in [6.07, 6.45) is 5.91. The van der Waals surface area contributed by atoms with E-state index in [1.54, 1.807) is 36.5 Å². The van der Waals surface area contributed by atoms with E-state index in [0.29, 0.717) is 23.7 Å². The number of aliphatic hydroxyl groups is 1. The van der Waals surface area contributed by atoms with Gasteiger partial charge in [0.1, 0.15) is 0 Å². The lowest BCUT2D eigenvalue weighted by Crippen LogP contribution is -2.44. The summed E-state index contributed by atoms with van der Waals surface area (Å²) >= 11 is 0. The normalized spacial score (nSPS) is 18.4. The Kier molecular flexibility index (Phi) is 4.16. The number of nitrogens with one attached hydrogen (secondary N) is 1. The molecule has 1 heterocycles. The molecule has 22 heavy (non-hydrogen) atoms. The van der Waals surface area contributed by atoms with E-state index in [0.717, 1.165) is 19.3 Å². The summed E-state index contributed by atoms with van der Waals surface area (Å²) < 4.78 is 27.7. The van der Waals surface area contributed by atoms with Crippen LogP contribution in [0.15, 0.2) is 41.4 Å². The Morgan fingerprint density at radius 2 is 1.91 bits per heavy atom. The fraction of sp³-hybridized carbons (Fsp3) is 0.438. The van der Waals surface area contributed by atoms with E-state index in [2.05, 4.69) is 9.71 Å². The maximum atomic E-state index is 12.6. The Hall–Kier alpha value is -1.50. The van der Waals surface area contributed by atoms with Gasteiger partial charge in [-0.3, -0.25) is 4.98 Å². The molecular weight excluding hydrogens is 300 g/mol. The smallest absolute Gasteiger partial charge is 0.241 e. The molecule has 2 N–H and O–H groups in total. The summed E-state index contributed by atoms with van der Waals surface area (Å²) in [6, 6.07) is 8.49. The van der Waals surface area contributed by atoms with Crippen LogP contribution in [0.1, 0.15) is 32.1 Å². The van der Waals surface area contributed by atoms with Crippen LogP contribution in [0.25, 0.3) is 10.9 Å². The van der Waals surface area contributed by atoms with Crippen LogP contribution in [0.5, 0.6) is 0 Å². The van der Waals surface area contributed by atoms with Crippen molar-refractivity contribution in [3.63, 3.8) is 0 Å². The molecule has 1 aliphatic rings. The molecule has 1 saturated carbocycles. The first kappa shape index (κ1) is 15.4. The average molecular weight is 320 g/mol. The zero-order chi connectivity index (χ0) is 15.6. The summed E-state index contributed by atoms with van der Waals surface area (Å²) in [5.74, 6) is 0. The van der Waals surface area contributed by atoms with Crippen molar-refractivity contribution in [3.05, 3.63) is 36.5 Å². The van der Waals surface area contributed by atoms with E-state index in [1.165, 1.54) is 0 Å². The molecule has 1 aromatic heterocycles. The lowest BCUT2D eigenvalue weighted by molar-refractivity contribution is 0.00946. The summed E-state index contributed by atoms with van der Waals surface area (Å²) in [6.45, 7) is 0.0615. The number of aromatic nitrogens is 1. The molecule has 3 rings (SSSR count). The van der Waals surface area contributed by atoms with Crippen LogP contribution >= 0.6 is 0 Å². The molecule has 0 spiro atoms. The minimum Gasteiger partial charge on any atom is -0.389 e. The molecule has 1 aromatic carbocycles. The highest BCUT2D eigenvalue weighted by Gasteiger charge is 2.31. The first-order valence-electron chi connectivity index (χ1n) is 7.56. The van der Waals surface area contributed by atoms with Gasteiger partial charge in [0.25, 0.3) is 0 Å². The van der Waals surface area contributed by atoms with Gasteiger partial charge in [-0.2, -0.15) is 0 Å². The van der Waals surface area contributed by atoms with Gasteiger partial charge in [0.05, 0.1) is 16.0 Å². The van der Waals surface area contributed by atoms with Crippen LogP contribution in [0, 0.1) is 0 Å². The number of fused-ring (bicyclic) bond motifs is 1. The zero-order valence-electron chi connectivity index (χ0n) is 12.3. The van der Waals surface area contributed by atoms with Crippen molar-refractivity contribution in [2.75, 3.05) is 6.54 Å². The third kappa shape index (κ3) is 3.14. The topological polar surface area (TPSA) is 79.3 Å². The molecule has 0 amide bonds. The number of sulfonamides is 1. The van der Waals surface area contributed by atoms with E-state index < -0.39 is 15.6 Å². The first-order chi connectivity index (χ1) is 10.5. The molecule has 118 valence electrons. The van der Waals surface area contributed by atoms with E-state index in [1.807, 2.05) is 0 Å². The Balaban J connectivity index is 1.86. The van der Waals surface area contributed by atoms with Crippen LogP contribution in [0.2, 0.25) is 0 Å². The lowest BCUT2D eigenvalue weighted by atomic mass is 9.85. The van der Waals surface area contributed by atoms with Gasteiger partial charge in [-0.1, -0.05) is 25.3 Å². The fourth-order valence-electron chi connectivity index (χ4n) is 3.00. The number of benzene rings is 1. The lowest BCUT2D eigenvalue weighted by Gasteiger charge is -2.32. The molecule has 0 saturated heterocycles. The maximum absolute atomic E-state index is 12.6. The minimum absolute atomic E-state index is 0.0615. The molecule has 0 unspecified atom stereocenters. The van der Waals surface area contributed by atoms with E-state index in [4.69, 9.17) is 0 Å². The second-order valence-electron chi connectivity index (χ2n) is 5.94. The van der Waals surface area contributed by atoms with Gasteiger partial charge >= 0.3 is 0 Å². The van der Waals surface area contributed by atoms with Crippen molar-refractivity contribution in [3.8, 4) is 0 Å². The summed E-state index contributed by atoms with van der Waals surface area (Å²) in [7, 11) is -3.67. The molecule has 1 aliphatic carbocycles. The Labute approximate surface area is 130 Å². The van der Waals surface area contributed by atoms with Crippen LogP contribution in [0.3, 0.4) is 0 Å². The Morgan fingerprint density at radius 1 is 1.14 bits per heavy atom. The highest BCUT2D eigenvalue weighted by Crippen LogP contribution is 2.28. The van der Waals surface area contributed by atoms with Crippen molar-refractivity contribution in [1.82, 2.24) is 9.71 Å². The van der Waals surface area contributed by atoms with Crippen LogP contribution in [0.4, 0.5) is 0 Å². The molecular formula is C16H20N2O3S. The van der Waals surface area contributed by atoms with Crippen LogP contribution < -0.4 is 4.72 Å². The number of pyridine rings is 1. The third-order valence-electron chi connectivity index (χ3n) is 4.27. The number of hydrogen-bond acceptors (Lipinski definition) is 4. The summed E-state index contributed by atoms with van der Waals surface area (Å²) in [5, 5.41) is 11.0. The molecule has 0 bridgehead atoms. The second kappa shape index (κ2) is 5.95.